The molecule has 2 unspecified atom stereocenters. The predicted molar refractivity (Wildman–Crippen MR) is 144 cm³/mol. The van der Waals surface area contributed by atoms with Gasteiger partial charge < -0.3 is 19.8 Å². The van der Waals surface area contributed by atoms with Crippen molar-refractivity contribution in [3.05, 3.63) is 55.6 Å². The number of hydrogen-bond acceptors (Lipinski definition) is 5. The summed E-state index contributed by atoms with van der Waals surface area (Å²) in [5, 5.41) is 9.52. The van der Waals surface area contributed by atoms with Crippen LogP contribution in [-0.2, 0) is 14.4 Å². The molecular weight excluding hydrogens is 474 g/mol. The van der Waals surface area contributed by atoms with Gasteiger partial charge in [0.25, 0.3) is 0 Å². The van der Waals surface area contributed by atoms with Gasteiger partial charge in [0, 0.05) is 43.2 Å². The van der Waals surface area contributed by atoms with E-state index in [-0.39, 0.29) is 35.6 Å². The Kier molecular flexibility index (Phi) is 7.95. The molecule has 1 spiro atoms. The number of carbonyl (C=O) groups is 3. The summed E-state index contributed by atoms with van der Waals surface area (Å²) in [5.74, 6) is -1.37. The summed E-state index contributed by atoms with van der Waals surface area (Å²) in [6, 6.07) is 8.77. The standard InChI is InChI=1S/C28H37N3O4S/c1-5-15-29(19(3)4)27(35)24-28-14-13-21(36-28)22(23(28)26(34)31(24)17-10-18-32)25(33)30(16-6-2)20-11-8-7-9-12-20/h5-9,11-12,19,21-24,32H,1-2,10,13-18H2,3-4H3/t21-,22+,23+,24?,28?/m1/s1. The molecule has 36 heavy (non-hydrogen) atoms. The Morgan fingerprint density at radius 1 is 1.19 bits per heavy atom. The Hall–Kier alpha value is -2.58. The highest BCUT2D eigenvalue weighted by Crippen LogP contribution is 2.66. The van der Waals surface area contributed by atoms with Crippen LogP contribution in [0.4, 0.5) is 5.69 Å². The van der Waals surface area contributed by atoms with Gasteiger partial charge in [-0.3, -0.25) is 14.4 Å². The van der Waals surface area contributed by atoms with E-state index >= 15 is 0 Å². The minimum Gasteiger partial charge on any atom is -0.396 e. The Morgan fingerprint density at radius 2 is 1.89 bits per heavy atom. The van der Waals surface area contributed by atoms with Crippen molar-refractivity contribution in [1.29, 1.82) is 0 Å². The Morgan fingerprint density at radius 3 is 2.50 bits per heavy atom. The van der Waals surface area contributed by atoms with Crippen molar-refractivity contribution < 1.29 is 19.5 Å². The molecule has 1 aromatic carbocycles. The van der Waals surface area contributed by atoms with E-state index in [1.54, 1.807) is 38.6 Å². The lowest BCUT2D eigenvalue weighted by Crippen LogP contribution is -2.56. The summed E-state index contributed by atoms with van der Waals surface area (Å²) in [6.45, 7) is 12.6. The fourth-order valence-corrected chi connectivity index (χ4v) is 8.49. The molecule has 0 saturated carbocycles. The third kappa shape index (κ3) is 4.28. The zero-order chi connectivity index (χ0) is 26.0. The third-order valence-electron chi connectivity index (χ3n) is 7.75. The summed E-state index contributed by atoms with van der Waals surface area (Å²) in [4.78, 5) is 47.3. The number of anilines is 1. The van der Waals surface area contributed by atoms with Crippen molar-refractivity contribution in [2.45, 2.75) is 55.2 Å². The molecule has 5 atom stereocenters. The molecule has 3 aliphatic heterocycles. The van der Waals surface area contributed by atoms with Crippen LogP contribution in [0.25, 0.3) is 0 Å². The predicted octanol–water partition coefficient (Wildman–Crippen LogP) is 3.10. The number of fused-ring (bicyclic) bond motifs is 1. The molecule has 3 fully saturated rings. The van der Waals surface area contributed by atoms with E-state index < -0.39 is 22.6 Å². The first-order valence-electron chi connectivity index (χ1n) is 12.8. The fraction of sp³-hybridized carbons (Fsp3) is 0.536. The minimum absolute atomic E-state index is 0.00956. The van der Waals surface area contributed by atoms with Crippen LogP contribution < -0.4 is 4.90 Å². The molecule has 0 aromatic heterocycles. The minimum atomic E-state index is -0.652. The molecule has 2 bridgehead atoms. The molecule has 3 aliphatic rings. The first-order valence-corrected chi connectivity index (χ1v) is 13.7. The normalized spacial score (nSPS) is 28.3. The molecule has 7 nitrogen and oxygen atoms in total. The van der Waals surface area contributed by atoms with Gasteiger partial charge in [-0.25, -0.2) is 0 Å². The Balaban J connectivity index is 1.74. The highest BCUT2D eigenvalue weighted by Gasteiger charge is 2.74. The summed E-state index contributed by atoms with van der Waals surface area (Å²) in [7, 11) is 0. The van der Waals surface area contributed by atoms with Crippen LogP contribution in [0.5, 0.6) is 0 Å². The van der Waals surface area contributed by atoms with E-state index in [0.717, 1.165) is 18.5 Å². The number of aliphatic hydroxyl groups excluding tert-OH is 1. The molecule has 1 aromatic rings. The molecule has 0 radical (unpaired) electrons. The second-order valence-corrected chi connectivity index (χ2v) is 11.7. The maximum Gasteiger partial charge on any atom is 0.247 e. The van der Waals surface area contributed by atoms with Gasteiger partial charge in [0.05, 0.1) is 16.6 Å². The lowest BCUT2D eigenvalue weighted by atomic mass is 9.70. The number of likely N-dealkylation sites (tertiary alicyclic amines) is 1. The second-order valence-electron chi connectivity index (χ2n) is 10.1. The lowest BCUT2D eigenvalue weighted by Gasteiger charge is -2.38. The Bertz CT molecular complexity index is 1020. The van der Waals surface area contributed by atoms with Crippen LogP contribution in [0.2, 0.25) is 0 Å². The smallest absolute Gasteiger partial charge is 0.247 e. The summed E-state index contributed by atoms with van der Waals surface area (Å²) >= 11 is 1.67. The maximum absolute atomic E-state index is 14.1. The van der Waals surface area contributed by atoms with Crippen molar-refractivity contribution in [1.82, 2.24) is 9.80 Å². The average molecular weight is 512 g/mol. The monoisotopic (exact) mass is 511 g/mol. The number of hydrogen-bond donors (Lipinski definition) is 1. The average Bonchev–Trinajstić information content (AvgIpc) is 3.51. The topological polar surface area (TPSA) is 81.2 Å². The largest absolute Gasteiger partial charge is 0.396 e. The van der Waals surface area contributed by atoms with Gasteiger partial charge in [-0.2, -0.15) is 0 Å². The molecule has 1 N–H and O–H groups in total. The third-order valence-corrected chi connectivity index (χ3v) is 9.71. The first kappa shape index (κ1) is 26.5. The van der Waals surface area contributed by atoms with Crippen LogP contribution >= 0.6 is 11.8 Å². The summed E-state index contributed by atoms with van der Waals surface area (Å²) in [6.07, 6.45) is 5.32. The van der Waals surface area contributed by atoms with Gasteiger partial charge >= 0.3 is 0 Å². The molecule has 0 aliphatic carbocycles. The van der Waals surface area contributed by atoms with E-state index in [1.807, 2.05) is 44.2 Å². The highest BCUT2D eigenvalue weighted by atomic mass is 32.2. The van der Waals surface area contributed by atoms with Gasteiger partial charge in [0.1, 0.15) is 6.04 Å². The van der Waals surface area contributed by atoms with E-state index in [0.29, 0.717) is 26.1 Å². The van der Waals surface area contributed by atoms with Crippen molar-refractivity contribution in [3.8, 4) is 0 Å². The highest BCUT2D eigenvalue weighted by molar-refractivity contribution is 8.02. The van der Waals surface area contributed by atoms with Gasteiger partial charge in [0.15, 0.2) is 0 Å². The molecule has 3 amide bonds. The van der Waals surface area contributed by atoms with Crippen molar-refractivity contribution in [2.75, 3.05) is 31.1 Å². The van der Waals surface area contributed by atoms with E-state index in [2.05, 4.69) is 13.2 Å². The van der Waals surface area contributed by atoms with Crippen LogP contribution in [0.15, 0.2) is 55.6 Å². The van der Waals surface area contributed by atoms with E-state index in [1.165, 1.54) is 0 Å². The number of carbonyl (C=O) groups excluding carboxylic acids is 3. The van der Waals surface area contributed by atoms with Crippen LogP contribution in [-0.4, -0.2) is 80.9 Å². The molecule has 3 heterocycles. The molecule has 8 heteroatoms. The summed E-state index contributed by atoms with van der Waals surface area (Å²) in [5.41, 5.74) is 0.774. The van der Waals surface area contributed by atoms with Crippen molar-refractivity contribution in [3.63, 3.8) is 0 Å². The van der Waals surface area contributed by atoms with Gasteiger partial charge in [0.2, 0.25) is 17.7 Å². The number of thioether (sulfide) groups is 1. The molecular formula is C28H37N3O4S. The SMILES string of the molecule is C=CCN(C(=O)[C@@H]1[C@H]2C(=O)N(CCCO)C(C(=O)N(CC=C)C(C)C)C23CC[C@H]1S3)c1ccccc1. The lowest BCUT2D eigenvalue weighted by molar-refractivity contribution is -0.143. The van der Waals surface area contributed by atoms with Gasteiger partial charge in [-0.1, -0.05) is 30.4 Å². The summed E-state index contributed by atoms with van der Waals surface area (Å²) < 4.78 is -0.639. The van der Waals surface area contributed by atoms with Gasteiger partial charge in [-0.15, -0.1) is 24.9 Å². The number of para-hydroxylation sites is 1. The van der Waals surface area contributed by atoms with Crippen LogP contribution in [0.1, 0.15) is 33.1 Å². The maximum atomic E-state index is 14.1. The first-order chi connectivity index (χ1) is 17.3. The molecule has 3 saturated heterocycles. The second kappa shape index (κ2) is 10.8. The van der Waals surface area contributed by atoms with Crippen LogP contribution in [0.3, 0.4) is 0 Å². The van der Waals surface area contributed by atoms with Crippen molar-refractivity contribution >= 4 is 35.2 Å². The zero-order valence-electron chi connectivity index (χ0n) is 21.2. The van der Waals surface area contributed by atoms with Crippen molar-refractivity contribution in [2.24, 2.45) is 11.8 Å². The number of benzene rings is 1. The number of nitrogens with zero attached hydrogens (tertiary/aromatic N) is 3. The Labute approximate surface area is 218 Å². The quantitative estimate of drug-likeness (QED) is 0.462. The number of amides is 3. The van der Waals surface area contributed by atoms with E-state index in [4.69, 9.17) is 0 Å². The molecule has 4 rings (SSSR count). The van der Waals surface area contributed by atoms with E-state index in [9.17, 15) is 19.5 Å². The molecule has 194 valence electrons. The van der Waals surface area contributed by atoms with Crippen LogP contribution in [0, 0.1) is 11.8 Å². The zero-order valence-corrected chi connectivity index (χ0v) is 22.0. The number of aliphatic hydroxyl groups is 1. The number of rotatable bonds is 11. The fourth-order valence-electron chi connectivity index (χ4n) is 6.29. The van der Waals surface area contributed by atoms with Gasteiger partial charge in [-0.05, 0) is 45.2 Å².